The molecule has 0 saturated carbocycles. The van der Waals surface area contributed by atoms with Crippen molar-refractivity contribution in [3.8, 4) is 0 Å². The van der Waals surface area contributed by atoms with E-state index in [9.17, 15) is 4.79 Å². The number of carbonyl (C=O) groups excluding carboxylic acids is 1. The SMILES string of the molecule is C/C1=C/C(=O)CCCCCCCCc2cc1co2. The summed E-state index contributed by atoms with van der Waals surface area (Å²) in [6, 6.07) is 2.07. The molecule has 1 aliphatic carbocycles. The second-order valence-corrected chi connectivity index (χ2v) is 5.22. The summed E-state index contributed by atoms with van der Waals surface area (Å²) in [7, 11) is 0. The Morgan fingerprint density at radius 2 is 1.67 bits per heavy atom. The van der Waals surface area contributed by atoms with Gasteiger partial charge in [0.25, 0.3) is 0 Å². The van der Waals surface area contributed by atoms with Crippen molar-refractivity contribution in [1.82, 2.24) is 0 Å². The van der Waals surface area contributed by atoms with Gasteiger partial charge in [0.05, 0.1) is 6.26 Å². The molecule has 0 aliphatic heterocycles. The third kappa shape index (κ3) is 3.86. The van der Waals surface area contributed by atoms with Crippen molar-refractivity contribution in [2.24, 2.45) is 0 Å². The van der Waals surface area contributed by atoms with Crippen molar-refractivity contribution in [2.75, 3.05) is 0 Å². The molecule has 0 unspecified atom stereocenters. The van der Waals surface area contributed by atoms with Crippen LogP contribution in [-0.2, 0) is 11.2 Å². The highest BCUT2D eigenvalue weighted by atomic mass is 16.3. The molecule has 2 bridgehead atoms. The first-order valence-electron chi connectivity index (χ1n) is 7.04. The molecule has 18 heavy (non-hydrogen) atoms. The molecule has 2 rings (SSSR count). The number of carbonyl (C=O) groups is 1. The summed E-state index contributed by atoms with van der Waals surface area (Å²) in [5.41, 5.74) is 2.07. The number of hydrogen-bond acceptors (Lipinski definition) is 2. The van der Waals surface area contributed by atoms with Crippen LogP contribution in [0.3, 0.4) is 0 Å². The standard InChI is InChI=1S/C16H22O2/c1-13-10-15(17)8-6-4-2-3-5-7-9-16-11-14(13)12-18-16/h10-12H,2-9H2,1H3/b13-10-. The number of ketones is 1. The van der Waals surface area contributed by atoms with Crippen LogP contribution in [0.25, 0.3) is 5.57 Å². The van der Waals surface area contributed by atoms with Crippen molar-refractivity contribution in [3.05, 3.63) is 29.7 Å². The molecule has 0 fully saturated rings. The van der Waals surface area contributed by atoms with Crippen LogP contribution in [0.1, 0.15) is 63.2 Å². The third-order valence-electron chi connectivity index (χ3n) is 3.58. The second-order valence-electron chi connectivity index (χ2n) is 5.22. The van der Waals surface area contributed by atoms with Crippen molar-refractivity contribution < 1.29 is 9.21 Å². The Labute approximate surface area is 109 Å². The molecule has 1 aromatic rings. The topological polar surface area (TPSA) is 30.2 Å². The molecule has 1 aromatic heterocycles. The van der Waals surface area contributed by atoms with Gasteiger partial charge < -0.3 is 4.42 Å². The Bertz CT molecular complexity index is 426. The van der Waals surface area contributed by atoms with Gasteiger partial charge in [0.15, 0.2) is 5.78 Å². The van der Waals surface area contributed by atoms with Crippen LogP contribution in [0.2, 0.25) is 0 Å². The number of aryl methyl sites for hydroxylation is 1. The molecule has 0 atom stereocenters. The lowest BCUT2D eigenvalue weighted by Crippen LogP contribution is -1.94. The van der Waals surface area contributed by atoms with Crippen molar-refractivity contribution in [1.29, 1.82) is 0 Å². The quantitative estimate of drug-likeness (QED) is 0.672. The van der Waals surface area contributed by atoms with E-state index in [1.165, 1.54) is 32.1 Å². The molecular formula is C16H22O2. The predicted molar refractivity (Wildman–Crippen MR) is 73.4 cm³/mol. The summed E-state index contributed by atoms with van der Waals surface area (Å²) in [6.45, 7) is 1.98. The highest BCUT2D eigenvalue weighted by Gasteiger charge is 2.06. The molecule has 0 N–H and O–H groups in total. The number of rotatable bonds is 0. The number of furan rings is 1. The van der Waals surface area contributed by atoms with Gasteiger partial charge in [0.1, 0.15) is 5.76 Å². The maximum Gasteiger partial charge on any atom is 0.155 e. The van der Waals surface area contributed by atoms with E-state index in [1.54, 1.807) is 12.3 Å². The molecule has 0 aromatic carbocycles. The first-order valence-corrected chi connectivity index (χ1v) is 7.04. The summed E-state index contributed by atoms with van der Waals surface area (Å²) in [5, 5.41) is 0. The fourth-order valence-corrected chi connectivity index (χ4v) is 2.42. The molecular weight excluding hydrogens is 224 g/mol. The van der Waals surface area contributed by atoms with Gasteiger partial charge in [-0.3, -0.25) is 4.79 Å². The lowest BCUT2D eigenvalue weighted by Gasteiger charge is -2.02. The average molecular weight is 246 g/mol. The zero-order valence-corrected chi connectivity index (χ0v) is 11.2. The van der Waals surface area contributed by atoms with E-state index in [-0.39, 0.29) is 5.78 Å². The molecule has 98 valence electrons. The Morgan fingerprint density at radius 1 is 1.00 bits per heavy atom. The highest BCUT2D eigenvalue weighted by molar-refractivity contribution is 5.96. The molecule has 2 heteroatoms. The lowest BCUT2D eigenvalue weighted by molar-refractivity contribution is -0.114. The van der Waals surface area contributed by atoms with Crippen LogP contribution in [0.5, 0.6) is 0 Å². The Kier molecular flexibility index (Phi) is 4.80. The smallest absolute Gasteiger partial charge is 0.155 e. The molecule has 0 amide bonds. The van der Waals surface area contributed by atoms with Gasteiger partial charge in [-0.2, -0.15) is 0 Å². The van der Waals surface area contributed by atoms with Gasteiger partial charge in [0.2, 0.25) is 0 Å². The Morgan fingerprint density at radius 3 is 2.44 bits per heavy atom. The maximum atomic E-state index is 11.8. The van der Waals surface area contributed by atoms with E-state index in [2.05, 4.69) is 6.07 Å². The van der Waals surface area contributed by atoms with Crippen LogP contribution < -0.4 is 0 Å². The van der Waals surface area contributed by atoms with E-state index in [1.807, 2.05) is 6.92 Å². The van der Waals surface area contributed by atoms with Gasteiger partial charge in [-0.1, -0.05) is 25.7 Å². The van der Waals surface area contributed by atoms with Gasteiger partial charge in [-0.05, 0) is 37.5 Å². The first kappa shape index (κ1) is 13.1. The summed E-state index contributed by atoms with van der Waals surface area (Å²) < 4.78 is 5.54. The molecule has 0 radical (unpaired) electrons. The fraction of sp³-hybridized carbons (Fsp3) is 0.562. The van der Waals surface area contributed by atoms with Gasteiger partial charge >= 0.3 is 0 Å². The highest BCUT2D eigenvalue weighted by Crippen LogP contribution is 2.20. The van der Waals surface area contributed by atoms with Crippen LogP contribution in [0.4, 0.5) is 0 Å². The maximum absolute atomic E-state index is 11.8. The van der Waals surface area contributed by atoms with Gasteiger partial charge in [0, 0.05) is 18.4 Å². The second kappa shape index (κ2) is 6.58. The fourth-order valence-electron chi connectivity index (χ4n) is 2.42. The van der Waals surface area contributed by atoms with Crippen LogP contribution in [0.15, 0.2) is 22.8 Å². The number of allylic oxidation sites excluding steroid dienone is 2. The number of fused-ring (bicyclic) bond motifs is 2. The summed E-state index contributed by atoms with van der Waals surface area (Å²) >= 11 is 0. The largest absolute Gasteiger partial charge is 0.469 e. The predicted octanol–water partition coefficient (Wildman–Crippen LogP) is 4.54. The molecule has 0 saturated heterocycles. The first-order chi connectivity index (χ1) is 8.75. The molecule has 2 nitrogen and oxygen atoms in total. The summed E-state index contributed by atoms with van der Waals surface area (Å²) in [6.07, 6.45) is 12.4. The normalized spacial score (nSPS) is 22.1. The third-order valence-corrected chi connectivity index (χ3v) is 3.58. The number of hydrogen-bond donors (Lipinski definition) is 0. The monoisotopic (exact) mass is 246 g/mol. The Hall–Kier alpha value is -1.31. The van der Waals surface area contributed by atoms with E-state index in [0.29, 0.717) is 6.42 Å². The minimum Gasteiger partial charge on any atom is -0.469 e. The van der Waals surface area contributed by atoms with Gasteiger partial charge in [-0.25, -0.2) is 0 Å². The van der Waals surface area contributed by atoms with E-state index in [0.717, 1.165) is 29.7 Å². The van der Waals surface area contributed by atoms with Crippen molar-refractivity contribution in [3.63, 3.8) is 0 Å². The van der Waals surface area contributed by atoms with Gasteiger partial charge in [-0.15, -0.1) is 0 Å². The molecule has 1 aliphatic rings. The molecule has 1 heterocycles. The van der Waals surface area contributed by atoms with Crippen LogP contribution in [-0.4, -0.2) is 5.78 Å². The van der Waals surface area contributed by atoms with Crippen LogP contribution in [0, 0.1) is 0 Å². The van der Waals surface area contributed by atoms with E-state index < -0.39 is 0 Å². The summed E-state index contributed by atoms with van der Waals surface area (Å²) in [4.78, 5) is 11.8. The lowest BCUT2D eigenvalue weighted by atomic mass is 10.0. The zero-order valence-electron chi connectivity index (χ0n) is 11.2. The van der Waals surface area contributed by atoms with E-state index in [4.69, 9.17) is 4.42 Å². The average Bonchev–Trinajstić information content (AvgIpc) is 2.80. The summed E-state index contributed by atoms with van der Waals surface area (Å²) in [5.74, 6) is 1.29. The van der Waals surface area contributed by atoms with E-state index >= 15 is 0 Å². The molecule has 0 spiro atoms. The Balaban J connectivity index is 2.10. The minimum atomic E-state index is 0.243. The van der Waals surface area contributed by atoms with Crippen LogP contribution >= 0.6 is 0 Å². The zero-order chi connectivity index (χ0) is 12.8. The minimum absolute atomic E-state index is 0.243. The van der Waals surface area contributed by atoms with Crippen molar-refractivity contribution >= 4 is 11.4 Å². The van der Waals surface area contributed by atoms with Crippen molar-refractivity contribution in [2.45, 2.75) is 58.3 Å².